The Morgan fingerprint density at radius 2 is 1.92 bits per heavy atom. The van der Waals surface area contributed by atoms with Crippen LogP contribution in [0.4, 0.5) is 0 Å². The Morgan fingerprint density at radius 1 is 1.21 bits per heavy atom. The van der Waals surface area contributed by atoms with Gasteiger partial charge in [0.2, 0.25) is 0 Å². The molecule has 0 bridgehead atoms. The van der Waals surface area contributed by atoms with Crippen molar-refractivity contribution >= 4 is 21.9 Å². The van der Waals surface area contributed by atoms with Gasteiger partial charge >= 0.3 is 0 Å². The zero-order valence-electron chi connectivity index (χ0n) is 14.5. The minimum absolute atomic E-state index is 0.561. The van der Waals surface area contributed by atoms with E-state index in [4.69, 9.17) is 9.66 Å². The van der Waals surface area contributed by atoms with Crippen LogP contribution >= 0.6 is 0 Å². The summed E-state index contributed by atoms with van der Waals surface area (Å²) in [6.07, 6.45) is 4.34. The van der Waals surface area contributed by atoms with Gasteiger partial charge in [0.25, 0.3) is 0 Å². The molecule has 3 aromatic rings. The van der Waals surface area contributed by atoms with E-state index in [0.29, 0.717) is 10.7 Å². The van der Waals surface area contributed by atoms with Gasteiger partial charge < -0.3 is 4.52 Å². The number of rotatable bonds is 3. The van der Waals surface area contributed by atoms with Crippen LogP contribution in [0, 0.1) is 13.8 Å². The van der Waals surface area contributed by atoms with Crippen molar-refractivity contribution in [2.75, 3.05) is 0 Å². The van der Waals surface area contributed by atoms with E-state index >= 15 is 0 Å². The molecular weight excluding hydrogens is 322 g/mol. The summed E-state index contributed by atoms with van der Waals surface area (Å²) in [4.78, 5) is 4.87. The summed E-state index contributed by atoms with van der Waals surface area (Å²) < 4.78 is 17.0. The summed E-state index contributed by atoms with van der Waals surface area (Å²) in [5.41, 5.74) is 3.29. The number of hydrogen-bond donors (Lipinski definition) is 1. The predicted molar refractivity (Wildman–Crippen MR) is 97.9 cm³/mol. The Balaban J connectivity index is 0.000000471. The van der Waals surface area contributed by atoms with Gasteiger partial charge in [0, 0.05) is 17.1 Å². The second-order valence-corrected chi connectivity index (χ2v) is 6.58. The Kier molecular flexibility index (Phi) is 6.23. The van der Waals surface area contributed by atoms with Gasteiger partial charge in [0.05, 0.1) is 16.1 Å². The molecule has 0 aliphatic heterocycles. The molecule has 0 saturated heterocycles. The first-order valence-electron chi connectivity index (χ1n) is 7.97. The maximum Gasteiger partial charge on any atom is 0.141 e. The zero-order valence-corrected chi connectivity index (χ0v) is 15.3. The van der Waals surface area contributed by atoms with Gasteiger partial charge in [0.1, 0.15) is 16.7 Å². The molecule has 1 aromatic carbocycles. The lowest BCUT2D eigenvalue weighted by Gasteiger charge is -2.07. The molecule has 1 atom stereocenters. The largest absolute Gasteiger partial charge is 0.361 e. The average molecular weight is 345 g/mol. The molecule has 0 fully saturated rings. The Morgan fingerprint density at radius 3 is 2.46 bits per heavy atom. The first-order chi connectivity index (χ1) is 11.5. The van der Waals surface area contributed by atoms with Crippen LogP contribution in [-0.2, 0) is 11.0 Å². The van der Waals surface area contributed by atoms with Gasteiger partial charge in [-0.05, 0) is 37.6 Å². The highest BCUT2D eigenvalue weighted by atomic mass is 32.2. The first-order valence-corrected chi connectivity index (χ1v) is 9.19. The van der Waals surface area contributed by atoms with Crippen molar-refractivity contribution in [3.8, 4) is 11.1 Å². The summed E-state index contributed by atoms with van der Waals surface area (Å²) in [5, 5.41) is 10.3. The number of pyridine rings is 1. The van der Waals surface area contributed by atoms with Gasteiger partial charge in [-0.15, -0.1) is 0 Å². The molecule has 128 valence electrons. The highest BCUT2D eigenvalue weighted by Crippen LogP contribution is 2.31. The van der Waals surface area contributed by atoms with Crippen LogP contribution in [0.3, 0.4) is 0 Å². The van der Waals surface area contributed by atoms with E-state index in [1.807, 2.05) is 32.0 Å². The molecule has 0 aliphatic carbocycles. The third kappa shape index (κ3) is 3.88. The summed E-state index contributed by atoms with van der Waals surface area (Å²) in [5.74, 6) is 0.714. The van der Waals surface area contributed by atoms with E-state index in [-0.39, 0.29) is 0 Å². The third-order valence-electron chi connectivity index (χ3n) is 3.72. The van der Waals surface area contributed by atoms with Crippen molar-refractivity contribution in [2.45, 2.75) is 45.4 Å². The molecule has 2 heterocycles. The molecule has 0 radical (unpaired) electrons. The van der Waals surface area contributed by atoms with Crippen LogP contribution in [0.5, 0.6) is 0 Å². The molecular formula is C18H23N3O2S. The fraction of sp³-hybridized carbons (Fsp3) is 0.333. The Bertz CT molecular complexity index is 837. The predicted octanol–water partition coefficient (Wildman–Crippen LogP) is 4.29. The van der Waals surface area contributed by atoms with Crippen LogP contribution in [0.25, 0.3) is 22.0 Å². The van der Waals surface area contributed by atoms with Crippen LogP contribution in [0.15, 0.2) is 39.9 Å². The quantitative estimate of drug-likeness (QED) is 0.767. The molecule has 5 nitrogen and oxygen atoms in total. The van der Waals surface area contributed by atoms with Gasteiger partial charge in [-0.3, -0.25) is 4.98 Å². The summed E-state index contributed by atoms with van der Waals surface area (Å²) >= 11 is 0. The highest BCUT2D eigenvalue weighted by molar-refractivity contribution is 7.83. The van der Waals surface area contributed by atoms with Crippen LogP contribution < -0.4 is 5.14 Å². The van der Waals surface area contributed by atoms with Crippen LogP contribution in [0.2, 0.25) is 0 Å². The van der Waals surface area contributed by atoms with E-state index in [2.05, 4.69) is 24.0 Å². The standard InChI is InChI=1S/C14H13N3O2S.C4H10/c1-8-14(9(2)19-17-8)10-6-12-11(4-3-5-16-12)13(7-10)20(15)18;1-3-4-2/h3-7H,15H2,1-2H3;3-4H2,1-2H3. The fourth-order valence-electron chi connectivity index (χ4n) is 2.35. The fourth-order valence-corrected chi connectivity index (χ4v) is 2.99. The zero-order chi connectivity index (χ0) is 17.7. The maximum absolute atomic E-state index is 11.8. The molecule has 0 saturated carbocycles. The van der Waals surface area contributed by atoms with E-state index in [0.717, 1.165) is 27.7 Å². The Hall–Kier alpha value is -2.05. The van der Waals surface area contributed by atoms with Gasteiger partial charge in [-0.25, -0.2) is 9.35 Å². The van der Waals surface area contributed by atoms with Crippen molar-refractivity contribution in [1.29, 1.82) is 0 Å². The molecule has 24 heavy (non-hydrogen) atoms. The minimum atomic E-state index is -1.58. The SMILES string of the molecule is CCCC.Cc1noc(C)c1-c1cc(S(N)=O)c2cccnc2c1. The van der Waals surface area contributed by atoms with Crippen molar-refractivity contribution in [1.82, 2.24) is 10.1 Å². The third-order valence-corrected chi connectivity index (χ3v) is 4.49. The molecule has 0 aliphatic rings. The Labute approximate surface area is 144 Å². The topological polar surface area (TPSA) is 82.0 Å². The van der Waals surface area contributed by atoms with Gasteiger partial charge in [-0.2, -0.15) is 0 Å². The minimum Gasteiger partial charge on any atom is -0.361 e. The van der Waals surface area contributed by atoms with Crippen LogP contribution in [0.1, 0.15) is 38.1 Å². The van der Waals surface area contributed by atoms with Gasteiger partial charge in [0.15, 0.2) is 0 Å². The number of fused-ring (bicyclic) bond motifs is 1. The van der Waals surface area contributed by atoms with Crippen molar-refractivity contribution in [3.05, 3.63) is 41.9 Å². The smallest absolute Gasteiger partial charge is 0.141 e. The number of benzene rings is 1. The number of nitrogens with two attached hydrogens (primary N) is 1. The summed E-state index contributed by atoms with van der Waals surface area (Å²) in [6.45, 7) is 8.07. The molecule has 2 N–H and O–H groups in total. The molecule has 3 rings (SSSR count). The first kappa shape index (κ1) is 18.3. The normalized spacial score (nSPS) is 11.9. The van der Waals surface area contributed by atoms with Crippen molar-refractivity contribution in [2.24, 2.45) is 5.14 Å². The summed E-state index contributed by atoms with van der Waals surface area (Å²) in [7, 11) is -1.58. The number of aryl methyl sites for hydroxylation is 2. The van der Waals surface area contributed by atoms with Crippen LogP contribution in [-0.4, -0.2) is 14.3 Å². The monoisotopic (exact) mass is 345 g/mol. The van der Waals surface area contributed by atoms with E-state index in [1.165, 1.54) is 12.8 Å². The van der Waals surface area contributed by atoms with Gasteiger partial charge in [-0.1, -0.05) is 37.9 Å². The molecule has 1 unspecified atom stereocenters. The molecule has 0 amide bonds. The lowest BCUT2D eigenvalue weighted by atomic mass is 10.0. The highest BCUT2D eigenvalue weighted by Gasteiger charge is 2.15. The second-order valence-electron chi connectivity index (χ2n) is 5.54. The number of aromatic nitrogens is 2. The van der Waals surface area contributed by atoms with Crippen molar-refractivity contribution in [3.63, 3.8) is 0 Å². The molecule has 2 aromatic heterocycles. The number of hydrogen-bond acceptors (Lipinski definition) is 4. The number of unbranched alkanes of at least 4 members (excludes halogenated alkanes) is 1. The average Bonchev–Trinajstić information content (AvgIpc) is 2.92. The molecule has 0 spiro atoms. The van der Waals surface area contributed by atoms with E-state index < -0.39 is 11.0 Å². The maximum atomic E-state index is 11.8. The second kappa shape index (κ2) is 8.17. The summed E-state index contributed by atoms with van der Waals surface area (Å²) in [6, 6.07) is 7.40. The lowest BCUT2D eigenvalue weighted by Crippen LogP contribution is -2.04. The lowest BCUT2D eigenvalue weighted by molar-refractivity contribution is 0.393. The molecule has 6 heteroatoms. The van der Waals surface area contributed by atoms with E-state index in [1.54, 1.807) is 12.3 Å². The van der Waals surface area contributed by atoms with E-state index in [9.17, 15) is 4.21 Å². The number of nitrogens with zero attached hydrogens (tertiary/aromatic N) is 2. The van der Waals surface area contributed by atoms with Crippen molar-refractivity contribution < 1.29 is 8.73 Å².